The Morgan fingerprint density at radius 2 is 2.04 bits per heavy atom. The van der Waals surface area contributed by atoms with E-state index >= 15 is 0 Å². The van der Waals surface area contributed by atoms with Crippen LogP contribution in [0.25, 0.3) is 11.0 Å². The Bertz CT molecular complexity index is 827. The number of carbonyl (C=O) groups is 1. The number of rotatable bonds is 8. The minimum absolute atomic E-state index is 0.0255. The van der Waals surface area contributed by atoms with Crippen LogP contribution < -0.4 is 5.32 Å². The molecule has 2 aromatic carbocycles. The van der Waals surface area contributed by atoms with Crippen LogP contribution in [0.2, 0.25) is 0 Å². The van der Waals surface area contributed by atoms with Crippen LogP contribution in [0, 0.1) is 0 Å². The van der Waals surface area contributed by atoms with Crippen molar-refractivity contribution in [2.75, 3.05) is 11.9 Å². The maximum atomic E-state index is 12.0. The first-order chi connectivity index (χ1) is 12.2. The number of benzene rings is 2. The van der Waals surface area contributed by atoms with E-state index in [1.54, 1.807) is 0 Å². The van der Waals surface area contributed by atoms with Gasteiger partial charge in [0.05, 0.1) is 17.6 Å². The molecule has 0 fully saturated rings. The predicted octanol–water partition coefficient (Wildman–Crippen LogP) is 4.06. The smallest absolute Gasteiger partial charge is 0.250 e. The minimum atomic E-state index is -0.166. The SMILES string of the molecule is CCCCc1nc2ccc(NC(=O)COCc3ccccc3)cc2[nH]1. The van der Waals surface area contributed by atoms with E-state index in [4.69, 9.17) is 4.74 Å². The van der Waals surface area contributed by atoms with Gasteiger partial charge in [0.15, 0.2) is 0 Å². The second-order valence-corrected chi connectivity index (χ2v) is 6.05. The number of nitrogens with zero attached hydrogens (tertiary/aromatic N) is 1. The first kappa shape index (κ1) is 17.2. The van der Waals surface area contributed by atoms with E-state index in [1.807, 2.05) is 48.5 Å². The summed E-state index contributed by atoms with van der Waals surface area (Å²) in [4.78, 5) is 19.9. The topological polar surface area (TPSA) is 67.0 Å². The van der Waals surface area contributed by atoms with Crippen LogP contribution in [-0.2, 0) is 22.6 Å². The normalized spacial score (nSPS) is 10.9. The summed E-state index contributed by atoms with van der Waals surface area (Å²) in [6, 6.07) is 15.5. The average Bonchev–Trinajstić information content (AvgIpc) is 3.03. The van der Waals surface area contributed by atoms with E-state index in [9.17, 15) is 4.79 Å². The molecule has 0 atom stereocenters. The molecule has 0 aliphatic rings. The molecule has 3 rings (SSSR count). The van der Waals surface area contributed by atoms with Crippen LogP contribution in [-0.4, -0.2) is 22.5 Å². The lowest BCUT2D eigenvalue weighted by Gasteiger charge is -2.06. The molecule has 5 nitrogen and oxygen atoms in total. The van der Waals surface area contributed by atoms with Gasteiger partial charge in [-0.3, -0.25) is 4.79 Å². The highest BCUT2D eigenvalue weighted by atomic mass is 16.5. The van der Waals surface area contributed by atoms with Gasteiger partial charge in [0, 0.05) is 12.1 Å². The van der Waals surface area contributed by atoms with Crippen molar-refractivity contribution < 1.29 is 9.53 Å². The number of aryl methyl sites for hydroxylation is 1. The molecule has 3 aromatic rings. The minimum Gasteiger partial charge on any atom is -0.367 e. The number of anilines is 1. The quantitative estimate of drug-likeness (QED) is 0.651. The number of imidazole rings is 1. The van der Waals surface area contributed by atoms with Gasteiger partial charge >= 0.3 is 0 Å². The van der Waals surface area contributed by atoms with E-state index in [0.717, 1.165) is 47.4 Å². The number of ether oxygens (including phenoxy) is 1. The molecule has 1 heterocycles. The zero-order valence-electron chi connectivity index (χ0n) is 14.4. The number of unbranched alkanes of at least 4 members (excludes halogenated alkanes) is 1. The maximum absolute atomic E-state index is 12.0. The Balaban J connectivity index is 1.53. The lowest BCUT2D eigenvalue weighted by molar-refractivity contribution is -0.121. The first-order valence-electron chi connectivity index (χ1n) is 8.65. The zero-order valence-corrected chi connectivity index (χ0v) is 14.4. The Hall–Kier alpha value is -2.66. The summed E-state index contributed by atoms with van der Waals surface area (Å²) in [5, 5.41) is 2.86. The third-order valence-electron chi connectivity index (χ3n) is 3.93. The monoisotopic (exact) mass is 337 g/mol. The number of H-pyrrole nitrogens is 1. The van der Waals surface area contributed by atoms with Gasteiger partial charge in [-0.1, -0.05) is 43.7 Å². The molecular weight excluding hydrogens is 314 g/mol. The van der Waals surface area contributed by atoms with Gasteiger partial charge in [0.25, 0.3) is 0 Å². The van der Waals surface area contributed by atoms with Gasteiger partial charge in [-0.15, -0.1) is 0 Å². The molecule has 2 N–H and O–H groups in total. The fraction of sp³-hybridized carbons (Fsp3) is 0.300. The number of nitrogens with one attached hydrogen (secondary N) is 2. The fourth-order valence-corrected chi connectivity index (χ4v) is 2.64. The van der Waals surface area contributed by atoms with Crippen LogP contribution in [0.4, 0.5) is 5.69 Å². The number of aromatic amines is 1. The number of hydrogen-bond acceptors (Lipinski definition) is 3. The molecule has 25 heavy (non-hydrogen) atoms. The van der Waals surface area contributed by atoms with Crippen LogP contribution >= 0.6 is 0 Å². The number of amides is 1. The molecule has 0 aliphatic carbocycles. The second-order valence-electron chi connectivity index (χ2n) is 6.05. The molecule has 1 amide bonds. The fourth-order valence-electron chi connectivity index (χ4n) is 2.64. The van der Waals surface area contributed by atoms with Crippen molar-refractivity contribution in [3.05, 3.63) is 59.9 Å². The Labute approximate surface area is 147 Å². The van der Waals surface area contributed by atoms with Gasteiger partial charge in [-0.25, -0.2) is 4.98 Å². The molecule has 5 heteroatoms. The highest BCUT2D eigenvalue weighted by Gasteiger charge is 2.06. The van der Waals surface area contributed by atoms with E-state index in [2.05, 4.69) is 22.2 Å². The van der Waals surface area contributed by atoms with Crippen molar-refractivity contribution in [1.82, 2.24) is 9.97 Å². The van der Waals surface area contributed by atoms with Gasteiger partial charge in [-0.2, -0.15) is 0 Å². The molecular formula is C20H23N3O2. The summed E-state index contributed by atoms with van der Waals surface area (Å²) in [5.41, 5.74) is 3.65. The standard InChI is InChI=1S/C20H23N3O2/c1-2-3-9-19-22-17-11-10-16(12-18(17)23-19)21-20(24)14-25-13-15-7-5-4-6-8-15/h4-8,10-12H,2-3,9,13-14H2,1H3,(H,21,24)(H,22,23). The lowest BCUT2D eigenvalue weighted by Crippen LogP contribution is -2.18. The number of fused-ring (bicyclic) bond motifs is 1. The van der Waals surface area contributed by atoms with Gasteiger partial charge in [0.1, 0.15) is 12.4 Å². The molecule has 0 aliphatic heterocycles. The summed E-state index contributed by atoms with van der Waals surface area (Å²) >= 11 is 0. The van der Waals surface area contributed by atoms with Crippen molar-refractivity contribution in [1.29, 1.82) is 0 Å². The third kappa shape index (κ3) is 4.90. The van der Waals surface area contributed by atoms with E-state index in [-0.39, 0.29) is 12.5 Å². The number of aromatic nitrogens is 2. The van der Waals surface area contributed by atoms with Gasteiger partial charge in [-0.05, 0) is 30.2 Å². The highest BCUT2D eigenvalue weighted by Crippen LogP contribution is 2.18. The van der Waals surface area contributed by atoms with Crippen LogP contribution in [0.3, 0.4) is 0 Å². The summed E-state index contributed by atoms with van der Waals surface area (Å²) < 4.78 is 5.46. The van der Waals surface area contributed by atoms with Crippen LogP contribution in [0.5, 0.6) is 0 Å². The van der Waals surface area contributed by atoms with Crippen LogP contribution in [0.1, 0.15) is 31.2 Å². The van der Waals surface area contributed by atoms with Crippen molar-refractivity contribution in [3.8, 4) is 0 Å². The molecule has 1 aromatic heterocycles. The third-order valence-corrected chi connectivity index (χ3v) is 3.93. The first-order valence-corrected chi connectivity index (χ1v) is 8.65. The van der Waals surface area contributed by atoms with Crippen LogP contribution in [0.15, 0.2) is 48.5 Å². The van der Waals surface area contributed by atoms with Crippen molar-refractivity contribution in [2.45, 2.75) is 32.8 Å². The average molecular weight is 337 g/mol. The van der Waals surface area contributed by atoms with E-state index < -0.39 is 0 Å². The zero-order chi connectivity index (χ0) is 17.5. The molecule has 0 bridgehead atoms. The van der Waals surface area contributed by atoms with Crippen molar-refractivity contribution in [3.63, 3.8) is 0 Å². The van der Waals surface area contributed by atoms with Crippen molar-refractivity contribution >= 4 is 22.6 Å². The molecule has 0 spiro atoms. The maximum Gasteiger partial charge on any atom is 0.250 e. The Morgan fingerprint density at radius 1 is 1.20 bits per heavy atom. The molecule has 0 saturated heterocycles. The number of carbonyl (C=O) groups excluding carboxylic acids is 1. The summed E-state index contributed by atoms with van der Waals surface area (Å²) in [6.45, 7) is 2.61. The lowest BCUT2D eigenvalue weighted by atomic mass is 10.2. The van der Waals surface area contributed by atoms with Gasteiger partial charge < -0.3 is 15.0 Å². The molecule has 130 valence electrons. The Morgan fingerprint density at radius 3 is 2.84 bits per heavy atom. The largest absolute Gasteiger partial charge is 0.367 e. The summed E-state index contributed by atoms with van der Waals surface area (Å²) in [5.74, 6) is 0.826. The Kier molecular flexibility index (Phi) is 5.80. The molecule has 0 unspecified atom stereocenters. The predicted molar refractivity (Wildman–Crippen MR) is 99.4 cm³/mol. The highest BCUT2D eigenvalue weighted by molar-refractivity contribution is 5.93. The number of hydrogen-bond donors (Lipinski definition) is 2. The van der Waals surface area contributed by atoms with Gasteiger partial charge in [0.2, 0.25) is 5.91 Å². The van der Waals surface area contributed by atoms with E-state index in [0.29, 0.717) is 6.61 Å². The second kappa shape index (κ2) is 8.44. The van der Waals surface area contributed by atoms with Crippen molar-refractivity contribution in [2.24, 2.45) is 0 Å². The summed E-state index contributed by atoms with van der Waals surface area (Å²) in [7, 11) is 0. The molecule has 0 radical (unpaired) electrons. The van der Waals surface area contributed by atoms with E-state index in [1.165, 1.54) is 0 Å². The summed E-state index contributed by atoms with van der Waals surface area (Å²) in [6.07, 6.45) is 3.20. The molecule has 0 saturated carbocycles.